The number of nitrogens with one attached hydrogen (secondary N) is 1. The summed E-state index contributed by atoms with van der Waals surface area (Å²) in [7, 11) is 0. The molecule has 0 saturated heterocycles. The number of hydrogen-bond donors (Lipinski definition) is 1. The molecule has 0 atom stereocenters. The first kappa shape index (κ1) is 14.6. The minimum absolute atomic E-state index is 0.0481. The highest BCUT2D eigenvalue weighted by atomic mass is 19.1. The van der Waals surface area contributed by atoms with E-state index in [1.165, 1.54) is 29.0 Å². The van der Waals surface area contributed by atoms with E-state index in [0.29, 0.717) is 13.0 Å². The second-order valence-electron chi connectivity index (χ2n) is 4.33. The molecule has 2 rings (SSSR count). The number of nitrogens with zero attached hydrogens (tertiary/aromatic N) is 3. The SMILES string of the molecule is CCCn1cc([N+](=O)[O-])cc1C(=O)Nc1cccc(F)n1. The van der Waals surface area contributed by atoms with Crippen molar-refractivity contribution in [3.63, 3.8) is 0 Å². The van der Waals surface area contributed by atoms with Crippen molar-refractivity contribution < 1.29 is 14.1 Å². The second-order valence-corrected chi connectivity index (χ2v) is 4.33. The largest absolute Gasteiger partial charge is 0.337 e. The fourth-order valence-corrected chi connectivity index (χ4v) is 1.87. The zero-order chi connectivity index (χ0) is 15.4. The van der Waals surface area contributed by atoms with Crippen LogP contribution in [0.25, 0.3) is 0 Å². The number of pyridine rings is 1. The fraction of sp³-hybridized carbons (Fsp3) is 0.231. The van der Waals surface area contributed by atoms with Crippen molar-refractivity contribution in [2.75, 3.05) is 5.32 Å². The third-order valence-corrected chi connectivity index (χ3v) is 2.75. The maximum atomic E-state index is 13.0. The maximum Gasteiger partial charge on any atom is 0.287 e. The van der Waals surface area contributed by atoms with E-state index in [0.717, 1.165) is 6.07 Å². The molecule has 0 aliphatic carbocycles. The lowest BCUT2D eigenvalue weighted by Crippen LogP contribution is -2.17. The number of carbonyl (C=O) groups excluding carboxylic acids is 1. The van der Waals surface area contributed by atoms with Crippen LogP contribution in [0, 0.1) is 16.1 Å². The van der Waals surface area contributed by atoms with Crippen molar-refractivity contribution in [2.24, 2.45) is 0 Å². The van der Waals surface area contributed by atoms with E-state index < -0.39 is 16.8 Å². The van der Waals surface area contributed by atoms with Gasteiger partial charge in [0.15, 0.2) is 0 Å². The molecule has 0 spiro atoms. The molecule has 0 aliphatic heterocycles. The van der Waals surface area contributed by atoms with E-state index in [4.69, 9.17) is 0 Å². The van der Waals surface area contributed by atoms with Crippen LogP contribution >= 0.6 is 0 Å². The number of rotatable bonds is 5. The molecule has 0 radical (unpaired) electrons. The van der Waals surface area contributed by atoms with Gasteiger partial charge in [0.25, 0.3) is 11.6 Å². The fourth-order valence-electron chi connectivity index (χ4n) is 1.87. The summed E-state index contributed by atoms with van der Waals surface area (Å²) >= 11 is 0. The molecule has 0 saturated carbocycles. The summed E-state index contributed by atoms with van der Waals surface area (Å²) in [5, 5.41) is 13.2. The smallest absolute Gasteiger partial charge is 0.287 e. The van der Waals surface area contributed by atoms with Crippen LogP contribution in [0.3, 0.4) is 0 Å². The Balaban J connectivity index is 2.27. The molecule has 0 aromatic carbocycles. The number of carbonyl (C=O) groups is 1. The maximum absolute atomic E-state index is 13.0. The van der Waals surface area contributed by atoms with Gasteiger partial charge in [0, 0.05) is 12.6 Å². The van der Waals surface area contributed by atoms with Crippen molar-refractivity contribution in [3.05, 3.63) is 52.2 Å². The van der Waals surface area contributed by atoms with Crippen LogP contribution in [0.15, 0.2) is 30.5 Å². The first-order chi connectivity index (χ1) is 10.0. The van der Waals surface area contributed by atoms with E-state index in [2.05, 4.69) is 10.3 Å². The van der Waals surface area contributed by atoms with Crippen LogP contribution in [0.5, 0.6) is 0 Å². The predicted molar refractivity (Wildman–Crippen MR) is 73.5 cm³/mol. The standard InChI is InChI=1S/C13H13FN4O3/c1-2-6-17-8-9(18(20)21)7-10(17)13(19)16-12-5-3-4-11(14)15-12/h3-5,7-8H,2,6H2,1H3,(H,15,16,19). The van der Waals surface area contributed by atoms with E-state index >= 15 is 0 Å². The molecule has 0 unspecified atom stereocenters. The number of nitro groups is 1. The quantitative estimate of drug-likeness (QED) is 0.521. The first-order valence-corrected chi connectivity index (χ1v) is 6.29. The lowest BCUT2D eigenvalue weighted by molar-refractivity contribution is -0.384. The van der Waals surface area contributed by atoms with Gasteiger partial charge in [-0.25, -0.2) is 4.98 Å². The van der Waals surface area contributed by atoms with Crippen molar-refractivity contribution in [1.82, 2.24) is 9.55 Å². The van der Waals surface area contributed by atoms with Gasteiger partial charge in [-0.1, -0.05) is 13.0 Å². The molecule has 110 valence electrons. The summed E-state index contributed by atoms with van der Waals surface area (Å²) in [5.41, 5.74) is -0.0320. The van der Waals surface area contributed by atoms with Crippen LogP contribution in [-0.2, 0) is 6.54 Å². The first-order valence-electron chi connectivity index (χ1n) is 6.29. The number of amides is 1. The zero-order valence-electron chi connectivity index (χ0n) is 11.2. The highest BCUT2D eigenvalue weighted by Crippen LogP contribution is 2.18. The summed E-state index contributed by atoms with van der Waals surface area (Å²) in [5.74, 6) is -1.25. The van der Waals surface area contributed by atoms with Gasteiger partial charge in [-0.3, -0.25) is 14.9 Å². The predicted octanol–water partition coefficient (Wildman–Crippen LogP) is 2.59. The Bertz CT molecular complexity index is 684. The monoisotopic (exact) mass is 292 g/mol. The van der Waals surface area contributed by atoms with Crippen molar-refractivity contribution >= 4 is 17.4 Å². The normalized spacial score (nSPS) is 10.4. The molecule has 21 heavy (non-hydrogen) atoms. The Labute approximate surface area is 119 Å². The summed E-state index contributed by atoms with van der Waals surface area (Å²) < 4.78 is 14.5. The van der Waals surface area contributed by atoms with Gasteiger partial charge < -0.3 is 9.88 Å². The minimum Gasteiger partial charge on any atom is -0.337 e. The van der Waals surface area contributed by atoms with E-state index in [1.54, 1.807) is 0 Å². The number of aromatic nitrogens is 2. The van der Waals surface area contributed by atoms with Gasteiger partial charge in [0.1, 0.15) is 11.5 Å². The third-order valence-electron chi connectivity index (χ3n) is 2.75. The van der Waals surface area contributed by atoms with Gasteiger partial charge in [-0.15, -0.1) is 0 Å². The molecule has 2 aromatic heterocycles. The van der Waals surface area contributed by atoms with Crippen molar-refractivity contribution in [3.8, 4) is 0 Å². The van der Waals surface area contributed by atoms with Gasteiger partial charge >= 0.3 is 0 Å². The van der Waals surface area contributed by atoms with Crippen LogP contribution < -0.4 is 5.32 Å². The van der Waals surface area contributed by atoms with E-state index in [-0.39, 0.29) is 17.2 Å². The van der Waals surface area contributed by atoms with Crippen LogP contribution in [-0.4, -0.2) is 20.4 Å². The highest BCUT2D eigenvalue weighted by Gasteiger charge is 2.19. The van der Waals surface area contributed by atoms with Crippen LogP contribution in [0.4, 0.5) is 15.9 Å². The van der Waals surface area contributed by atoms with Gasteiger partial charge in [0.05, 0.1) is 11.1 Å². The summed E-state index contributed by atoms with van der Waals surface area (Å²) in [6.07, 6.45) is 2.02. The van der Waals surface area contributed by atoms with Gasteiger partial charge in [-0.05, 0) is 18.6 Å². The van der Waals surface area contributed by atoms with Gasteiger partial charge in [-0.2, -0.15) is 4.39 Å². The topological polar surface area (TPSA) is 90.1 Å². The molecule has 2 heterocycles. The zero-order valence-corrected chi connectivity index (χ0v) is 11.2. The molecule has 0 bridgehead atoms. The average molecular weight is 292 g/mol. The Kier molecular flexibility index (Phi) is 4.27. The molecular formula is C13H13FN4O3. The highest BCUT2D eigenvalue weighted by molar-refractivity contribution is 6.03. The molecule has 8 heteroatoms. The summed E-state index contributed by atoms with van der Waals surface area (Å²) in [6.45, 7) is 2.36. The molecule has 1 N–H and O–H groups in total. The minimum atomic E-state index is -0.720. The Hall–Kier alpha value is -2.77. The number of anilines is 1. The molecule has 0 fully saturated rings. The van der Waals surface area contributed by atoms with Crippen molar-refractivity contribution in [1.29, 1.82) is 0 Å². The summed E-state index contributed by atoms with van der Waals surface area (Å²) in [6, 6.07) is 5.18. The van der Waals surface area contributed by atoms with Crippen LogP contribution in [0.1, 0.15) is 23.8 Å². The molecule has 2 aromatic rings. The molecule has 0 aliphatic rings. The van der Waals surface area contributed by atoms with Crippen LogP contribution in [0.2, 0.25) is 0 Å². The Morgan fingerprint density at radius 2 is 2.29 bits per heavy atom. The average Bonchev–Trinajstić information content (AvgIpc) is 2.83. The number of hydrogen-bond acceptors (Lipinski definition) is 4. The molecular weight excluding hydrogens is 279 g/mol. The molecule has 1 amide bonds. The number of halogens is 1. The third kappa shape index (κ3) is 3.41. The lowest BCUT2D eigenvalue weighted by atomic mass is 10.3. The van der Waals surface area contributed by atoms with Gasteiger partial charge in [0.2, 0.25) is 5.95 Å². The molecule has 7 nitrogen and oxygen atoms in total. The van der Waals surface area contributed by atoms with Crippen molar-refractivity contribution in [2.45, 2.75) is 19.9 Å². The second kappa shape index (κ2) is 6.12. The van der Waals surface area contributed by atoms with E-state index in [9.17, 15) is 19.3 Å². The number of aryl methyl sites for hydroxylation is 1. The van der Waals surface area contributed by atoms with E-state index in [1.807, 2.05) is 6.92 Å². The Morgan fingerprint density at radius 3 is 2.90 bits per heavy atom. The lowest BCUT2D eigenvalue weighted by Gasteiger charge is -2.07. The summed E-state index contributed by atoms with van der Waals surface area (Å²) in [4.78, 5) is 25.9. The Morgan fingerprint density at radius 1 is 1.52 bits per heavy atom.